The van der Waals surface area contributed by atoms with Crippen molar-refractivity contribution in [3.63, 3.8) is 0 Å². The zero-order chi connectivity index (χ0) is 9.68. The summed E-state index contributed by atoms with van der Waals surface area (Å²) in [5.74, 6) is -0.912. The molecule has 0 aliphatic carbocycles. The number of hydrogen-bond acceptors (Lipinski definition) is 3. The number of carbonyl (C=O) groups is 1. The third-order valence-electron chi connectivity index (χ3n) is 1.32. The summed E-state index contributed by atoms with van der Waals surface area (Å²) in [6.45, 7) is 2.00. The molecule has 1 aliphatic heterocycles. The third kappa shape index (κ3) is 4.12. The van der Waals surface area contributed by atoms with Gasteiger partial charge in [-0.15, -0.1) is 0 Å². The van der Waals surface area contributed by atoms with Crippen LogP contribution in [0.1, 0.15) is 10.4 Å². The van der Waals surface area contributed by atoms with Crippen molar-refractivity contribution in [2.45, 2.75) is 0 Å². The van der Waals surface area contributed by atoms with E-state index >= 15 is 0 Å². The number of ether oxygens (including phenoxy) is 1. The van der Waals surface area contributed by atoms with E-state index in [9.17, 15) is 4.79 Å². The van der Waals surface area contributed by atoms with E-state index in [-0.39, 0.29) is 11.3 Å². The van der Waals surface area contributed by atoms with E-state index in [4.69, 9.17) is 10.2 Å². The second-order valence-corrected chi connectivity index (χ2v) is 2.46. The highest BCUT2D eigenvalue weighted by molar-refractivity contribution is 5.87. The second kappa shape index (κ2) is 4.47. The minimum Gasteiger partial charge on any atom is -0.508 e. The molecule has 0 saturated carbocycles. The molecule has 4 nitrogen and oxygen atoms in total. The van der Waals surface area contributed by atoms with Crippen LogP contribution < -0.4 is 0 Å². The highest BCUT2D eigenvalue weighted by Crippen LogP contribution is 2.08. The summed E-state index contributed by atoms with van der Waals surface area (Å²) in [5, 5.41) is 17.1. The van der Waals surface area contributed by atoms with Crippen molar-refractivity contribution in [2.24, 2.45) is 0 Å². The molecule has 70 valence electrons. The Hall–Kier alpha value is -1.55. The summed E-state index contributed by atoms with van der Waals surface area (Å²) in [6, 6.07) is 5.36. The van der Waals surface area contributed by atoms with Gasteiger partial charge in [0.2, 0.25) is 0 Å². The molecule has 0 spiro atoms. The lowest BCUT2D eigenvalue weighted by atomic mass is 10.2. The SMILES string of the molecule is C1CO1.O=C(O)c1ccc(O)cc1. The maximum atomic E-state index is 10.2. The van der Waals surface area contributed by atoms with Crippen molar-refractivity contribution in [1.82, 2.24) is 0 Å². The smallest absolute Gasteiger partial charge is 0.335 e. The maximum absolute atomic E-state index is 10.2. The fourth-order valence-electron chi connectivity index (χ4n) is 0.604. The van der Waals surface area contributed by atoms with E-state index in [0.717, 1.165) is 13.2 Å². The molecular weight excluding hydrogens is 172 g/mol. The lowest BCUT2D eigenvalue weighted by molar-refractivity contribution is 0.0697. The summed E-state index contributed by atoms with van der Waals surface area (Å²) in [4.78, 5) is 10.2. The minimum atomic E-state index is -0.986. The molecule has 2 rings (SSSR count). The van der Waals surface area contributed by atoms with E-state index in [0.29, 0.717) is 0 Å². The van der Waals surface area contributed by atoms with Crippen LogP contribution in [0.4, 0.5) is 0 Å². The Morgan fingerprint density at radius 1 is 1.23 bits per heavy atom. The molecule has 1 aromatic carbocycles. The topological polar surface area (TPSA) is 70.1 Å². The van der Waals surface area contributed by atoms with Gasteiger partial charge in [-0.05, 0) is 24.3 Å². The molecule has 4 heteroatoms. The van der Waals surface area contributed by atoms with E-state index in [1.807, 2.05) is 0 Å². The van der Waals surface area contributed by atoms with Crippen molar-refractivity contribution >= 4 is 5.97 Å². The fourth-order valence-corrected chi connectivity index (χ4v) is 0.604. The standard InChI is InChI=1S/C7H6O3.C2H4O/c8-6-3-1-5(2-4-6)7(9)10;1-2-3-1/h1-4,8H,(H,9,10);1-2H2. The molecule has 1 saturated heterocycles. The number of aromatic carboxylic acids is 1. The van der Waals surface area contributed by atoms with Gasteiger partial charge in [0.1, 0.15) is 5.75 Å². The van der Waals surface area contributed by atoms with Crippen LogP contribution in [0, 0.1) is 0 Å². The molecule has 0 unspecified atom stereocenters. The summed E-state index contributed by atoms with van der Waals surface area (Å²) in [7, 11) is 0. The van der Waals surface area contributed by atoms with Gasteiger partial charge in [0.15, 0.2) is 0 Å². The molecule has 0 aromatic heterocycles. The first-order valence-electron chi connectivity index (χ1n) is 3.80. The molecule has 0 radical (unpaired) electrons. The van der Waals surface area contributed by atoms with Crippen LogP contribution in [0.5, 0.6) is 5.75 Å². The number of benzene rings is 1. The Labute approximate surface area is 75.4 Å². The van der Waals surface area contributed by atoms with Gasteiger partial charge >= 0.3 is 5.97 Å². The van der Waals surface area contributed by atoms with Gasteiger partial charge in [-0.1, -0.05) is 0 Å². The van der Waals surface area contributed by atoms with Gasteiger partial charge in [-0.25, -0.2) is 4.79 Å². The van der Waals surface area contributed by atoms with Crippen LogP contribution >= 0.6 is 0 Å². The van der Waals surface area contributed by atoms with Crippen molar-refractivity contribution in [1.29, 1.82) is 0 Å². The molecule has 0 amide bonds. The molecular formula is C9H10O4. The molecule has 0 atom stereocenters. The van der Waals surface area contributed by atoms with Crippen molar-refractivity contribution in [3.05, 3.63) is 29.8 Å². The van der Waals surface area contributed by atoms with Crippen LogP contribution in [0.3, 0.4) is 0 Å². The quantitative estimate of drug-likeness (QED) is 0.638. The van der Waals surface area contributed by atoms with Gasteiger partial charge in [0.05, 0.1) is 18.8 Å². The normalized spacial score (nSPS) is 12.6. The van der Waals surface area contributed by atoms with Crippen LogP contribution in [-0.2, 0) is 4.74 Å². The Morgan fingerprint density at radius 2 is 1.69 bits per heavy atom. The third-order valence-corrected chi connectivity index (χ3v) is 1.32. The fraction of sp³-hybridized carbons (Fsp3) is 0.222. The molecule has 2 N–H and O–H groups in total. The predicted octanol–water partition coefficient (Wildman–Crippen LogP) is 1.11. The molecule has 1 fully saturated rings. The average molecular weight is 182 g/mol. The Bertz CT molecular complexity index is 273. The lowest BCUT2D eigenvalue weighted by Crippen LogP contribution is -1.93. The number of carboxylic acids is 1. The highest BCUT2D eigenvalue weighted by atomic mass is 16.6. The molecule has 1 aliphatic rings. The van der Waals surface area contributed by atoms with Gasteiger partial charge in [0, 0.05) is 0 Å². The maximum Gasteiger partial charge on any atom is 0.335 e. The van der Waals surface area contributed by atoms with Crippen LogP contribution in [0.25, 0.3) is 0 Å². The van der Waals surface area contributed by atoms with Gasteiger partial charge in [-0.2, -0.15) is 0 Å². The summed E-state index contributed by atoms with van der Waals surface area (Å²) in [5.41, 5.74) is 0.179. The Kier molecular flexibility index (Phi) is 3.28. The zero-order valence-corrected chi connectivity index (χ0v) is 6.93. The number of phenols is 1. The summed E-state index contributed by atoms with van der Waals surface area (Å²) < 4.78 is 4.50. The Balaban J connectivity index is 0.000000236. The van der Waals surface area contributed by atoms with Crippen molar-refractivity contribution in [2.75, 3.05) is 13.2 Å². The zero-order valence-electron chi connectivity index (χ0n) is 6.93. The van der Waals surface area contributed by atoms with E-state index in [2.05, 4.69) is 4.74 Å². The molecule has 1 heterocycles. The van der Waals surface area contributed by atoms with E-state index in [1.54, 1.807) is 0 Å². The molecule has 13 heavy (non-hydrogen) atoms. The number of hydrogen-bond donors (Lipinski definition) is 2. The lowest BCUT2D eigenvalue weighted by Gasteiger charge is -1.92. The van der Waals surface area contributed by atoms with Crippen LogP contribution in [0.15, 0.2) is 24.3 Å². The molecule has 0 bridgehead atoms. The number of aromatic hydroxyl groups is 1. The van der Waals surface area contributed by atoms with E-state index in [1.165, 1.54) is 24.3 Å². The summed E-state index contributed by atoms with van der Waals surface area (Å²) in [6.07, 6.45) is 0. The second-order valence-electron chi connectivity index (χ2n) is 2.46. The van der Waals surface area contributed by atoms with Crippen LogP contribution in [0.2, 0.25) is 0 Å². The Morgan fingerprint density at radius 3 is 2.00 bits per heavy atom. The largest absolute Gasteiger partial charge is 0.508 e. The number of epoxide rings is 1. The van der Waals surface area contributed by atoms with Crippen molar-refractivity contribution < 1.29 is 19.7 Å². The first-order valence-corrected chi connectivity index (χ1v) is 3.80. The summed E-state index contributed by atoms with van der Waals surface area (Å²) >= 11 is 0. The number of rotatable bonds is 1. The highest BCUT2D eigenvalue weighted by Gasteiger charge is 1.99. The van der Waals surface area contributed by atoms with Gasteiger partial charge in [-0.3, -0.25) is 0 Å². The average Bonchev–Trinajstić information content (AvgIpc) is 2.90. The molecule has 1 aromatic rings. The first kappa shape index (κ1) is 9.54. The van der Waals surface area contributed by atoms with Crippen LogP contribution in [-0.4, -0.2) is 29.4 Å². The van der Waals surface area contributed by atoms with E-state index < -0.39 is 5.97 Å². The van der Waals surface area contributed by atoms with Crippen molar-refractivity contribution in [3.8, 4) is 5.75 Å². The van der Waals surface area contributed by atoms with Gasteiger partial charge in [0.25, 0.3) is 0 Å². The van der Waals surface area contributed by atoms with Gasteiger partial charge < -0.3 is 14.9 Å². The minimum absolute atomic E-state index is 0.0741. The first-order chi connectivity index (χ1) is 6.20. The predicted molar refractivity (Wildman–Crippen MR) is 45.9 cm³/mol. The number of carboxylic acid groups (broad SMARTS) is 1. The monoisotopic (exact) mass is 182 g/mol. The number of phenolic OH excluding ortho intramolecular Hbond substituents is 1.